The number of amides is 1. The maximum absolute atomic E-state index is 13.1. The molecule has 0 aliphatic carbocycles. The van der Waals surface area contributed by atoms with E-state index in [9.17, 15) is 4.79 Å². The Balaban J connectivity index is 1.25. The molecule has 12 heteroatoms. The van der Waals surface area contributed by atoms with Gasteiger partial charge in [-0.15, -0.1) is 10.2 Å². The van der Waals surface area contributed by atoms with Crippen LogP contribution in [0.25, 0.3) is 22.7 Å². The lowest BCUT2D eigenvalue weighted by Gasteiger charge is -2.33. The third-order valence-electron chi connectivity index (χ3n) is 5.65. The molecule has 35 heavy (non-hydrogen) atoms. The number of halogens is 1. The van der Waals surface area contributed by atoms with Gasteiger partial charge in [-0.25, -0.2) is 4.98 Å². The Kier molecular flexibility index (Phi) is 5.87. The summed E-state index contributed by atoms with van der Waals surface area (Å²) < 4.78 is 5.80. The van der Waals surface area contributed by atoms with E-state index in [4.69, 9.17) is 16.0 Å². The number of carbonyl (C=O) groups is 1. The molecule has 0 unspecified atom stereocenters. The van der Waals surface area contributed by atoms with E-state index >= 15 is 0 Å². The predicted molar refractivity (Wildman–Crippen MR) is 130 cm³/mol. The topological polar surface area (TPSA) is 119 Å². The van der Waals surface area contributed by atoms with Crippen LogP contribution < -0.4 is 4.90 Å². The molecule has 0 radical (unpaired) electrons. The molecule has 11 nitrogen and oxygen atoms in total. The summed E-state index contributed by atoms with van der Waals surface area (Å²) in [5, 5.41) is 13.1. The van der Waals surface area contributed by atoms with Crippen LogP contribution in [0.5, 0.6) is 0 Å². The Bertz CT molecular complexity index is 1380. The van der Waals surface area contributed by atoms with Crippen LogP contribution in [0.1, 0.15) is 36.7 Å². The Morgan fingerprint density at radius 2 is 1.91 bits per heavy atom. The highest BCUT2D eigenvalue weighted by atomic mass is 35.5. The van der Waals surface area contributed by atoms with Crippen molar-refractivity contribution in [1.29, 1.82) is 0 Å². The normalized spacial score (nSPS) is 14.7. The van der Waals surface area contributed by atoms with E-state index in [1.54, 1.807) is 23.1 Å². The van der Waals surface area contributed by atoms with E-state index in [-0.39, 0.29) is 11.3 Å². The summed E-state index contributed by atoms with van der Waals surface area (Å²) in [6, 6.07) is 5.73. The van der Waals surface area contributed by atoms with E-state index in [1.165, 1.54) is 0 Å². The molecule has 0 spiro atoms. The van der Waals surface area contributed by atoms with Crippen LogP contribution in [0.4, 0.5) is 6.01 Å². The van der Waals surface area contributed by atoms with Crippen LogP contribution in [0.15, 0.2) is 28.8 Å². The highest BCUT2D eigenvalue weighted by molar-refractivity contribution is 6.29. The summed E-state index contributed by atoms with van der Waals surface area (Å²) in [5.41, 5.74) is 3.06. The third-order valence-corrected chi connectivity index (χ3v) is 5.86. The lowest BCUT2D eigenvalue weighted by atomic mass is 9.97. The lowest BCUT2D eigenvalue weighted by Crippen LogP contribution is -2.49. The minimum absolute atomic E-state index is 0.0336. The van der Waals surface area contributed by atoms with Crippen LogP contribution in [-0.2, 0) is 6.54 Å². The van der Waals surface area contributed by atoms with Gasteiger partial charge in [-0.3, -0.25) is 9.78 Å². The number of pyridine rings is 2. The number of aromatic nitrogens is 7. The van der Waals surface area contributed by atoms with Crippen molar-refractivity contribution >= 4 is 34.8 Å². The molecule has 0 atom stereocenters. The molecule has 0 aromatic carbocycles. The summed E-state index contributed by atoms with van der Waals surface area (Å²) >= 11 is 5.94. The van der Waals surface area contributed by atoms with Gasteiger partial charge in [-0.05, 0) is 41.3 Å². The monoisotopic (exact) mass is 495 g/mol. The molecule has 0 saturated carbocycles. The molecule has 1 amide bonds. The van der Waals surface area contributed by atoms with Crippen molar-refractivity contribution in [3.63, 3.8) is 0 Å². The molecule has 0 N–H and O–H groups in total. The first-order valence-corrected chi connectivity index (χ1v) is 11.8. The first kappa shape index (κ1) is 23.2. The van der Waals surface area contributed by atoms with Gasteiger partial charge in [-0.1, -0.05) is 32.4 Å². The molecule has 1 fully saturated rings. The first-order chi connectivity index (χ1) is 16.7. The zero-order valence-corrected chi connectivity index (χ0v) is 20.8. The minimum Gasteiger partial charge on any atom is -0.422 e. The summed E-state index contributed by atoms with van der Waals surface area (Å²) in [6.07, 6.45) is 1.58. The number of tetrazole rings is 1. The minimum atomic E-state index is -0.0674. The van der Waals surface area contributed by atoms with Gasteiger partial charge >= 0.3 is 0 Å². The van der Waals surface area contributed by atoms with Crippen LogP contribution in [0, 0.1) is 12.3 Å². The van der Waals surface area contributed by atoms with Crippen molar-refractivity contribution in [2.24, 2.45) is 5.41 Å². The number of fused-ring (bicyclic) bond motifs is 1. The largest absolute Gasteiger partial charge is 0.422 e. The second-order valence-corrected chi connectivity index (χ2v) is 10.2. The zero-order chi connectivity index (χ0) is 24.7. The second kappa shape index (κ2) is 8.88. The summed E-state index contributed by atoms with van der Waals surface area (Å²) in [5.74, 6) is 0.385. The van der Waals surface area contributed by atoms with Crippen molar-refractivity contribution in [2.45, 2.75) is 34.2 Å². The van der Waals surface area contributed by atoms with Gasteiger partial charge in [0.05, 0.1) is 12.1 Å². The van der Waals surface area contributed by atoms with Crippen molar-refractivity contribution in [3.05, 3.63) is 40.7 Å². The smallest absolute Gasteiger partial charge is 0.300 e. The number of carbonyl (C=O) groups excluding carboxylic acids is 1. The van der Waals surface area contributed by atoms with Crippen molar-refractivity contribution in [2.75, 3.05) is 31.1 Å². The Hall–Kier alpha value is -3.60. The molecule has 5 heterocycles. The summed E-state index contributed by atoms with van der Waals surface area (Å²) in [6.45, 7) is 11.1. The van der Waals surface area contributed by atoms with Crippen LogP contribution >= 0.6 is 11.6 Å². The van der Waals surface area contributed by atoms with E-state index in [2.05, 4.69) is 51.1 Å². The Labute approximate surface area is 207 Å². The number of hydrogen-bond acceptors (Lipinski definition) is 9. The fraction of sp³-hybridized carbons (Fsp3) is 0.435. The Morgan fingerprint density at radius 1 is 1.14 bits per heavy atom. The molecule has 1 aliphatic rings. The average Bonchev–Trinajstić information content (AvgIpc) is 3.44. The van der Waals surface area contributed by atoms with Crippen LogP contribution in [0.3, 0.4) is 0 Å². The van der Waals surface area contributed by atoms with Crippen LogP contribution in [0.2, 0.25) is 5.15 Å². The molecule has 4 aromatic rings. The van der Waals surface area contributed by atoms with Gasteiger partial charge in [0, 0.05) is 32.4 Å². The second-order valence-electron chi connectivity index (χ2n) is 9.83. The van der Waals surface area contributed by atoms with Gasteiger partial charge in [0.25, 0.3) is 11.9 Å². The van der Waals surface area contributed by atoms with Gasteiger partial charge in [0.15, 0.2) is 5.58 Å². The molecule has 5 rings (SSSR count). The van der Waals surface area contributed by atoms with E-state index in [0.29, 0.717) is 72.2 Å². The van der Waals surface area contributed by atoms with Crippen molar-refractivity contribution in [3.8, 4) is 11.5 Å². The van der Waals surface area contributed by atoms with Gasteiger partial charge < -0.3 is 14.2 Å². The highest BCUT2D eigenvalue weighted by Gasteiger charge is 2.26. The molecule has 1 saturated heterocycles. The highest BCUT2D eigenvalue weighted by Crippen LogP contribution is 2.24. The predicted octanol–water partition coefficient (Wildman–Crippen LogP) is 3.24. The molecular formula is C23H26ClN9O2. The average molecular weight is 496 g/mol. The molecule has 182 valence electrons. The molecule has 4 aromatic heterocycles. The fourth-order valence-corrected chi connectivity index (χ4v) is 4.10. The quantitative estimate of drug-likeness (QED) is 0.393. The van der Waals surface area contributed by atoms with Gasteiger partial charge in [0.2, 0.25) is 11.5 Å². The number of aryl methyl sites for hydroxylation is 1. The number of anilines is 1. The number of rotatable bonds is 4. The SMILES string of the molecule is Cc1cc(C(=O)N2CCN(c3nc4nc(Cl)ccc4o3)CC2)cnc1-c1nnn(CC(C)(C)C)n1. The van der Waals surface area contributed by atoms with E-state index < -0.39 is 0 Å². The van der Waals surface area contributed by atoms with Crippen LogP contribution in [-0.4, -0.2) is 72.1 Å². The van der Waals surface area contributed by atoms with Crippen molar-refractivity contribution < 1.29 is 9.21 Å². The fourth-order valence-electron chi connectivity index (χ4n) is 3.96. The summed E-state index contributed by atoms with van der Waals surface area (Å²) in [7, 11) is 0. The van der Waals surface area contributed by atoms with E-state index in [0.717, 1.165) is 5.56 Å². The maximum atomic E-state index is 13.1. The number of hydrogen-bond donors (Lipinski definition) is 0. The molecular weight excluding hydrogens is 470 g/mol. The summed E-state index contributed by atoms with van der Waals surface area (Å²) in [4.78, 5) is 31.6. The van der Waals surface area contributed by atoms with Gasteiger partial charge in [0.1, 0.15) is 10.8 Å². The number of nitrogens with zero attached hydrogens (tertiary/aromatic N) is 9. The number of oxazole rings is 1. The molecule has 1 aliphatic heterocycles. The zero-order valence-electron chi connectivity index (χ0n) is 20.1. The van der Waals surface area contributed by atoms with Gasteiger partial charge in [-0.2, -0.15) is 9.78 Å². The number of piperazine rings is 1. The lowest BCUT2D eigenvalue weighted by molar-refractivity contribution is 0.0744. The molecule has 0 bridgehead atoms. The van der Waals surface area contributed by atoms with Crippen molar-refractivity contribution in [1.82, 2.24) is 40.1 Å². The third kappa shape index (κ3) is 4.95. The standard InChI is InChI=1S/C23H26ClN9O2/c1-14-11-15(12-25-18(14)20-28-30-33(29-20)13-23(2,3)4)21(34)31-7-9-32(10-8-31)22-27-19-16(35-22)5-6-17(24)26-19/h5-6,11-12H,7-10,13H2,1-4H3. The first-order valence-electron chi connectivity index (χ1n) is 11.4. The van der Waals surface area contributed by atoms with E-state index in [1.807, 2.05) is 22.8 Å². The Morgan fingerprint density at radius 3 is 2.63 bits per heavy atom. The maximum Gasteiger partial charge on any atom is 0.300 e.